The topological polar surface area (TPSA) is 67.3 Å². The van der Waals surface area contributed by atoms with E-state index in [4.69, 9.17) is 5.11 Å². The summed E-state index contributed by atoms with van der Waals surface area (Å²) in [6.45, 7) is 0. The van der Waals surface area contributed by atoms with Gasteiger partial charge in [-0.2, -0.15) is 0 Å². The van der Waals surface area contributed by atoms with Gasteiger partial charge in [0.25, 0.3) is 0 Å². The predicted octanol–water partition coefficient (Wildman–Crippen LogP) is 2.55. The second-order valence-electron chi connectivity index (χ2n) is 5.76. The number of pyridine rings is 1. The number of carboxylic acids is 1. The zero-order valence-electron chi connectivity index (χ0n) is 14.0. The number of Topliss-reactive ketones (excluding diaryl/α,β-unsaturated/α-hetero) is 1. The van der Waals surface area contributed by atoms with E-state index in [0.29, 0.717) is 6.42 Å². The highest BCUT2D eigenvalue weighted by Gasteiger charge is 2.03. The van der Waals surface area contributed by atoms with Gasteiger partial charge in [-0.1, -0.05) is 54.6 Å². The van der Waals surface area contributed by atoms with Gasteiger partial charge in [0.15, 0.2) is 5.78 Å². The summed E-state index contributed by atoms with van der Waals surface area (Å²) >= 11 is 0. The Kier molecular flexibility index (Phi) is 5.34. The number of para-hydroxylation sites is 1. The van der Waals surface area contributed by atoms with Gasteiger partial charge in [0, 0.05) is 23.1 Å². The van der Waals surface area contributed by atoms with Gasteiger partial charge < -0.3 is 5.11 Å². The summed E-state index contributed by atoms with van der Waals surface area (Å²) in [6, 6.07) is 19.3. The molecule has 0 radical (unpaired) electrons. The predicted molar refractivity (Wildman–Crippen MR) is 103 cm³/mol. The van der Waals surface area contributed by atoms with Gasteiger partial charge >= 0.3 is 5.97 Å². The van der Waals surface area contributed by atoms with Crippen LogP contribution in [0.1, 0.15) is 12.0 Å². The lowest BCUT2D eigenvalue weighted by Gasteiger charge is -2.01. The molecule has 0 amide bonds. The number of benzene rings is 2. The van der Waals surface area contributed by atoms with E-state index in [-0.39, 0.29) is 5.78 Å². The van der Waals surface area contributed by atoms with E-state index < -0.39 is 5.97 Å². The molecular weight excluding hydrogens is 326 g/mol. The summed E-state index contributed by atoms with van der Waals surface area (Å²) in [6.07, 6.45) is 6.72. The van der Waals surface area contributed by atoms with Crippen molar-refractivity contribution in [3.63, 3.8) is 0 Å². The number of aromatic nitrogens is 1. The minimum Gasteiger partial charge on any atom is -0.478 e. The summed E-state index contributed by atoms with van der Waals surface area (Å²) in [4.78, 5) is 25.8. The van der Waals surface area contributed by atoms with Crippen molar-refractivity contribution in [3.05, 3.63) is 82.9 Å². The van der Waals surface area contributed by atoms with Gasteiger partial charge in [0.2, 0.25) is 0 Å². The number of carboxylic acid groups (broad SMARTS) is 1. The number of nitrogens with zero attached hydrogens (tertiary/aromatic N) is 1. The molecule has 128 valence electrons. The molecule has 2 aromatic carbocycles. The van der Waals surface area contributed by atoms with Crippen LogP contribution in [0, 0.1) is 0 Å². The quantitative estimate of drug-likeness (QED) is 0.726. The molecule has 4 nitrogen and oxygen atoms in total. The molecule has 1 N–H and O–H groups in total. The van der Waals surface area contributed by atoms with Crippen molar-refractivity contribution in [2.24, 2.45) is 0 Å². The molecule has 1 aromatic heterocycles. The Labute approximate surface area is 150 Å². The summed E-state index contributed by atoms with van der Waals surface area (Å²) < 4.78 is 0. The van der Waals surface area contributed by atoms with Crippen LogP contribution >= 0.6 is 0 Å². The molecule has 3 aromatic rings. The van der Waals surface area contributed by atoms with Crippen molar-refractivity contribution >= 4 is 40.9 Å². The number of fused-ring (bicyclic) bond motifs is 2. The van der Waals surface area contributed by atoms with Crippen molar-refractivity contribution in [2.75, 3.05) is 0 Å². The van der Waals surface area contributed by atoms with Crippen LogP contribution in [0.3, 0.4) is 0 Å². The maximum atomic E-state index is 11.2. The van der Waals surface area contributed by atoms with E-state index >= 15 is 0 Å². The molecule has 0 atom stereocenters. The van der Waals surface area contributed by atoms with Crippen LogP contribution in [0.4, 0.5) is 0 Å². The lowest BCUT2D eigenvalue weighted by Crippen LogP contribution is -2.31. The maximum Gasteiger partial charge on any atom is 0.328 e. The highest BCUT2D eigenvalue weighted by Crippen LogP contribution is 2.06. The molecule has 4 heteroatoms. The fourth-order valence-electron chi connectivity index (χ4n) is 2.59. The number of carbonyl (C=O) groups excluding carboxylic acids is 1. The first kappa shape index (κ1) is 17.3. The summed E-state index contributed by atoms with van der Waals surface area (Å²) in [5, 5.41) is 11.2. The van der Waals surface area contributed by atoms with Crippen molar-refractivity contribution in [3.8, 4) is 0 Å². The number of hydrogen-bond acceptors (Lipinski definition) is 3. The zero-order chi connectivity index (χ0) is 18.4. The average Bonchev–Trinajstić information content (AvgIpc) is 2.66. The fourth-order valence-corrected chi connectivity index (χ4v) is 2.59. The van der Waals surface area contributed by atoms with E-state index in [2.05, 4.69) is 4.98 Å². The van der Waals surface area contributed by atoms with Gasteiger partial charge in [0.05, 0.1) is 10.9 Å². The van der Waals surface area contributed by atoms with E-state index in [1.165, 1.54) is 0 Å². The Hall–Kier alpha value is -3.53. The van der Waals surface area contributed by atoms with Gasteiger partial charge in [-0.05, 0) is 29.8 Å². The van der Waals surface area contributed by atoms with Crippen molar-refractivity contribution in [2.45, 2.75) is 6.42 Å². The van der Waals surface area contributed by atoms with Crippen LogP contribution in [0.2, 0.25) is 0 Å². The number of ketones is 1. The molecule has 4 rings (SSSR count). The van der Waals surface area contributed by atoms with Crippen LogP contribution < -0.4 is 10.6 Å². The molecule has 0 saturated carbocycles. The summed E-state index contributed by atoms with van der Waals surface area (Å²) in [5.41, 5.74) is 1.88. The Morgan fingerprint density at radius 2 is 1.77 bits per heavy atom. The van der Waals surface area contributed by atoms with Crippen molar-refractivity contribution in [1.29, 1.82) is 0 Å². The van der Waals surface area contributed by atoms with Crippen LogP contribution in [-0.2, 0) is 9.59 Å². The van der Waals surface area contributed by atoms with Gasteiger partial charge in [-0.15, -0.1) is 0 Å². The summed E-state index contributed by atoms with van der Waals surface area (Å²) in [5.74, 6) is -0.770. The van der Waals surface area contributed by atoms with Crippen molar-refractivity contribution in [1.82, 2.24) is 4.98 Å². The molecule has 0 saturated heterocycles. The van der Waals surface area contributed by atoms with Gasteiger partial charge in [-0.25, -0.2) is 9.78 Å². The first-order valence-electron chi connectivity index (χ1n) is 8.18. The molecule has 0 unspecified atom stereocenters. The normalized spacial score (nSPS) is 12.5. The Bertz CT molecular complexity index is 1100. The minimum atomic E-state index is -0.922. The van der Waals surface area contributed by atoms with E-state index in [9.17, 15) is 9.59 Å². The fraction of sp³-hybridized carbons (Fsp3) is 0.0455. The van der Waals surface area contributed by atoms with Crippen LogP contribution in [0.15, 0.2) is 66.7 Å². The maximum absolute atomic E-state index is 11.2. The molecule has 1 heterocycles. The summed E-state index contributed by atoms with van der Waals surface area (Å²) in [7, 11) is 0. The number of aliphatic carboxylic acids is 1. The molecule has 0 fully saturated rings. The van der Waals surface area contributed by atoms with Gasteiger partial charge in [-0.3, -0.25) is 4.79 Å². The largest absolute Gasteiger partial charge is 0.478 e. The van der Waals surface area contributed by atoms with E-state index in [0.717, 1.165) is 33.1 Å². The third-order valence-corrected chi connectivity index (χ3v) is 3.82. The third-order valence-electron chi connectivity index (χ3n) is 3.82. The second-order valence-corrected chi connectivity index (χ2v) is 5.76. The first-order chi connectivity index (χ1) is 12.6. The molecule has 1 aliphatic carbocycles. The van der Waals surface area contributed by atoms with Gasteiger partial charge in [0.1, 0.15) is 0 Å². The highest BCUT2D eigenvalue weighted by atomic mass is 16.4. The minimum absolute atomic E-state index is 0.152. The standard InChI is InChI=1S/C13H9NO.C9H8O2/c15-11-5-6-13-10(8-11)7-9-3-1-2-4-12(9)14-13;10-9(11)7-6-8-4-2-1-3-5-8/h1-4,6-8H,5H2;1-7H,(H,10,11). The molecule has 0 aliphatic heterocycles. The average molecular weight is 343 g/mol. The third kappa shape index (κ3) is 4.51. The number of carbonyl (C=O) groups is 2. The smallest absolute Gasteiger partial charge is 0.328 e. The molecule has 0 bridgehead atoms. The lowest BCUT2D eigenvalue weighted by atomic mass is 10.1. The molecular formula is C22H17NO3. The van der Waals surface area contributed by atoms with E-state index in [1.54, 1.807) is 12.2 Å². The number of rotatable bonds is 2. The van der Waals surface area contributed by atoms with Crippen molar-refractivity contribution < 1.29 is 14.7 Å². The first-order valence-corrected chi connectivity index (χ1v) is 8.18. The molecule has 1 aliphatic rings. The second kappa shape index (κ2) is 8.03. The molecule has 26 heavy (non-hydrogen) atoms. The lowest BCUT2D eigenvalue weighted by molar-refractivity contribution is -0.131. The SMILES string of the molecule is O=C(O)C=Cc1ccccc1.O=C1C=c2cc3ccccc3nc2=CC1. The van der Waals surface area contributed by atoms with Crippen LogP contribution in [0.5, 0.6) is 0 Å². The monoisotopic (exact) mass is 343 g/mol. The van der Waals surface area contributed by atoms with Crippen LogP contribution in [0.25, 0.3) is 29.1 Å². The number of hydrogen-bond donors (Lipinski definition) is 1. The Balaban J connectivity index is 0.000000160. The Morgan fingerprint density at radius 1 is 1.04 bits per heavy atom. The molecule has 0 spiro atoms. The highest BCUT2D eigenvalue weighted by molar-refractivity contribution is 6.09. The Morgan fingerprint density at radius 3 is 2.54 bits per heavy atom. The van der Waals surface area contributed by atoms with Crippen LogP contribution in [-0.4, -0.2) is 21.8 Å². The van der Waals surface area contributed by atoms with E-state index in [1.807, 2.05) is 66.7 Å². The zero-order valence-corrected chi connectivity index (χ0v) is 14.0.